The van der Waals surface area contributed by atoms with Crippen LogP contribution in [0, 0.1) is 6.92 Å². The number of nitrogens with one attached hydrogen (secondary N) is 1. The van der Waals surface area contributed by atoms with E-state index in [1.807, 2.05) is 6.20 Å². The molecule has 0 atom stereocenters. The molecule has 2 aromatic rings. The number of fused-ring (bicyclic) bond motifs is 1. The molecule has 0 unspecified atom stereocenters. The Morgan fingerprint density at radius 3 is 2.62 bits per heavy atom. The second kappa shape index (κ2) is 4.69. The van der Waals surface area contributed by atoms with Crippen LogP contribution in [0.3, 0.4) is 0 Å². The summed E-state index contributed by atoms with van der Waals surface area (Å²) in [5.74, 6) is 0. The molecule has 0 radical (unpaired) electrons. The average molecular weight is 216 g/mol. The van der Waals surface area contributed by atoms with Gasteiger partial charge in [0.2, 0.25) is 0 Å². The molecule has 2 heteroatoms. The lowest BCUT2D eigenvalue weighted by atomic mass is 10.0. The van der Waals surface area contributed by atoms with E-state index in [-0.39, 0.29) is 0 Å². The molecular weight excluding hydrogens is 196 g/mol. The third kappa shape index (κ3) is 1.84. The largest absolute Gasteiger partial charge is 0.360 e. The van der Waals surface area contributed by atoms with Crippen molar-refractivity contribution >= 4 is 10.9 Å². The van der Waals surface area contributed by atoms with Crippen LogP contribution >= 0.6 is 0 Å². The van der Waals surface area contributed by atoms with E-state index in [1.165, 1.54) is 35.0 Å². The molecule has 0 spiro atoms. The van der Waals surface area contributed by atoms with Crippen LogP contribution in [0.1, 0.15) is 43.6 Å². The zero-order valence-electron chi connectivity index (χ0n) is 10.4. The first kappa shape index (κ1) is 11.2. The molecule has 0 aromatic carbocycles. The Morgan fingerprint density at radius 2 is 1.94 bits per heavy atom. The zero-order valence-corrected chi connectivity index (χ0v) is 10.4. The minimum Gasteiger partial charge on any atom is -0.360 e. The fourth-order valence-corrected chi connectivity index (χ4v) is 2.37. The Morgan fingerprint density at radius 1 is 1.19 bits per heavy atom. The smallest absolute Gasteiger partial charge is 0.0673 e. The highest BCUT2D eigenvalue weighted by atomic mass is 14.8. The molecule has 0 saturated heterocycles. The van der Waals surface area contributed by atoms with Gasteiger partial charge in [-0.1, -0.05) is 26.7 Å². The molecule has 0 amide bonds. The van der Waals surface area contributed by atoms with E-state index < -0.39 is 0 Å². The van der Waals surface area contributed by atoms with Gasteiger partial charge in [-0.25, -0.2) is 0 Å². The molecule has 0 bridgehead atoms. The van der Waals surface area contributed by atoms with Crippen LogP contribution in [0.25, 0.3) is 10.9 Å². The summed E-state index contributed by atoms with van der Waals surface area (Å²) in [6.45, 7) is 6.54. The van der Waals surface area contributed by atoms with Crippen molar-refractivity contribution in [3.05, 3.63) is 29.2 Å². The van der Waals surface area contributed by atoms with Crippen LogP contribution in [0.15, 0.2) is 12.3 Å². The first-order valence-electron chi connectivity index (χ1n) is 6.23. The van der Waals surface area contributed by atoms with E-state index in [4.69, 9.17) is 4.98 Å². The normalized spacial score (nSPS) is 11.2. The second-order valence-corrected chi connectivity index (χ2v) is 4.39. The Bertz CT molecular complexity index is 483. The first-order chi connectivity index (χ1) is 7.77. The Hall–Kier alpha value is -1.31. The number of hydrogen-bond acceptors (Lipinski definition) is 1. The summed E-state index contributed by atoms with van der Waals surface area (Å²) in [5.41, 5.74) is 5.09. The Balaban J connectivity index is 2.62. The summed E-state index contributed by atoms with van der Waals surface area (Å²) < 4.78 is 0. The standard InChI is InChI=1S/C14H20N2/c1-4-6-11-12-8-9-15-14(12)10(3)16-13(11)7-5-2/h8-9,15H,4-7H2,1-3H3. The van der Waals surface area contributed by atoms with E-state index >= 15 is 0 Å². The van der Waals surface area contributed by atoms with Crippen LogP contribution in [0.5, 0.6) is 0 Å². The highest BCUT2D eigenvalue weighted by Crippen LogP contribution is 2.24. The van der Waals surface area contributed by atoms with Gasteiger partial charge >= 0.3 is 0 Å². The maximum Gasteiger partial charge on any atom is 0.0673 e. The predicted molar refractivity (Wildman–Crippen MR) is 68.8 cm³/mol. The van der Waals surface area contributed by atoms with Crippen LogP contribution < -0.4 is 0 Å². The van der Waals surface area contributed by atoms with Crippen molar-refractivity contribution in [3.8, 4) is 0 Å². The topological polar surface area (TPSA) is 28.7 Å². The third-order valence-electron chi connectivity index (χ3n) is 3.07. The van der Waals surface area contributed by atoms with Gasteiger partial charge in [0, 0.05) is 17.3 Å². The third-order valence-corrected chi connectivity index (χ3v) is 3.07. The van der Waals surface area contributed by atoms with Crippen molar-refractivity contribution in [3.63, 3.8) is 0 Å². The molecule has 2 nitrogen and oxygen atoms in total. The van der Waals surface area contributed by atoms with Gasteiger partial charge in [0.05, 0.1) is 11.2 Å². The van der Waals surface area contributed by atoms with Crippen molar-refractivity contribution in [2.24, 2.45) is 0 Å². The van der Waals surface area contributed by atoms with Gasteiger partial charge in [0.25, 0.3) is 0 Å². The van der Waals surface area contributed by atoms with Crippen molar-refractivity contribution in [2.45, 2.75) is 46.5 Å². The van der Waals surface area contributed by atoms with Crippen LogP contribution in [0.4, 0.5) is 0 Å². The number of pyridine rings is 1. The molecule has 16 heavy (non-hydrogen) atoms. The molecule has 86 valence electrons. The van der Waals surface area contributed by atoms with Crippen LogP contribution in [0.2, 0.25) is 0 Å². The molecule has 2 rings (SSSR count). The second-order valence-electron chi connectivity index (χ2n) is 4.39. The fraction of sp³-hybridized carbons (Fsp3) is 0.500. The number of hydrogen-bond donors (Lipinski definition) is 1. The number of aromatic amines is 1. The highest BCUT2D eigenvalue weighted by Gasteiger charge is 2.11. The lowest BCUT2D eigenvalue weighted by Crippen LogP contribution is -2.01. The van der Waals surface area contributed by atoms with Gasteiger partial charge < -0.3 is 4.98 Å². The zero-order chi connectivity index (χ0) is 11.5. The van der Waals surface area contributed by atoms with Gasteiger partial charge in [0.1, 0.15) is 0 Å². The quantitative estimate of drug-likeness (QED) is 0.828. The van der Waals surface area contributed by atoms with Gasteiger partial charge in [0.15, 0.2) is 0 Å². The Kier molecular flexibility index (Phi) is 3.28. The number of H-pyrrole nitrogens is 1. The molecule has 1 N–H and O–H groups in total. The summed E-state index contributed by atoms with van der Waals surface area (Å²) in [4.78, 5) is 8.04. The Labute approximate surface area is 97.1 Å². The van der Waals surface area contributed by atoms with Gasteiger partial charge in [-0.15, -0.1) is 0 Å². The predicted octanol–water partition coefficient (Wildman–Crippen LogP) is 3.78. The van der Waals surface area contributed by atoms with E-state index in [0.29, 0.717) is 0 Å². The molecular formula is C14H20N2. The minimum absolute atomic E-state index is 1.09. The van der Waals surface area contributed by atoms with Crippen molar-refractivity contribution in [1.82, 2.24) is 9.97 Å². The highest BCUT2D eigenvalue weighted by molar-refractivity contribution is 5.85. The number of nitrogens with zero attached hydrogens (tertiary/aromatic N) is 1. The summed E-state index contributed by atoms with van der Waals surface area (Å²) in [6, 6.07) is 2.19. The molecule has 0 aliphatic carbocycles. The van der Waals surface area contributed by atoms with Crippen molar-refractivity contribution in [2.75, 3.05) is 0 Å². The molecule has 0 aliphatic heterocycles. The number of aryl methyl sites for hydroxylation is 3. The molecule has 2 aromatic heterocycles. The van der Waals surface area contributed by atoms with Crippen molar-refractivity contribution < 1.29 is 0 Å². The summed E-state index contributed by atoms with van der Waals surface area (Å²) >= 11 is 0. The van der Waals surface area contributed by atoms with E-state index in [1.54, 1.807) is 0 Å². The van der Waals surface area contributed by atoms with E-state index in [2.05, 4.69) is 31.8 Å². The van der Waals surface area contributed by atoms with Gasteiger partial charge in [-0.05, 0) is 31.4 Å². The molecule has 0 fully saturated rings. The number of aromatic nitrogens is 2. The fourth-order valence-electron chi connectivity index (χ4n) is 2.37. The van der Waals surface area contributed by atoms with Gasteiger partial charge in [-0.2, -0.15) is 0 Å². The molecule has 2 heterocycles. The average Bonchev–Trinajstić information content (AvgIpc) is 2.73. The molecule has 0 aliphatic rings. The lowest BCUT2D eigenvalue weighted by molar-refractivity contribution is 0.830. The first-order valence-corrected chi connectivity index (χ1v) is 6.23. The van der Waals surface area contributed by atoms with Gasteiger partial charge in [-0.3, -0.25) is 4.98 Å². The maximum absolute atomic E-state index is 4.75. The van der Waals surface area contributed by atoms with Crippen LogP contribution in [-0.4, -0.2) is 9.97 Å². The SMILES string of the molecule is CCCc1nc(C)c2[nH]ccc2c1CCC. The minimum atomic E-state index is 1.09. The summed E-state index contributed by atoms with van der Waals surface area (Å²) in [7, 11) is 0. The van der Waals surface area contributed by atoms with Crippen molar-refractivity contribution in [1.29, 1.82) is 0 Å². The monoisotopic (exact) mass is 216 g/mol. The van der Waals surface area contributed by atoms with E-state index in [0.717, 1.165) is 18.5 Å². The maximum atomic E-state index is 4.75. The summed E-state index contributed by atoms with van der Waals surface area (Å²) in [6.07, 6.45) is 6.60. The lowest BCUT2D eigenvalue weighted by Gasteiger charge is -2.10. The summed E-state index contributed by atoms with van der Waals surface area (Å²) in [5, 5.41) is 1.37. The van der Waals surface area contributed by atoms with E-state index in [9.17, 15) is 0 Å². The van der Waals surface area contributed by atoms with Crippen LogP contribution in [-0.2, 0) is 12.8 Å². The molecule has 0 saturated carbocycles. The number of rotatable bonds is 4.